The van der Waals surface area contributed by atoms with Crippen molar-refractivity contribution in [3.05, 3.63) is 22.8 Å². The van der Waals surface area contributed by atoms with Crippen LogP contribution < -0.4 is 0 Å². The number of fused-ring (bicyclic) bond motifs is 1. The SMILES string of the molecule is Cc1nc2c(nc1C(=O)O)CCC2. The number of aromatic carboxylic acids is 1. The minimum atomic E-state index is -0.986. The minimum Gasteiger partial charge on any atom is -0.476 e. The third kappa shape index (κ3) is 1.28. The van der Waals surface area contributed by atoms with Crippen molar-refractivity contribution in [2.24, 2.45) is 0 Å². The first-order valence-corrected chi connectivity index (χ1v) is 4.28. The van der Waals surface area contributed by atoms with E-state index in [2.05, 4.69) is 9.97 Å². The fourth-order valence-corrected chi connectivity index (χ4v) is 1.63. The molecule has 1 N–H and O–H groups in total. The van der Waals surface area contributed by atoms with Crippen LogP contribution in [0.25, 0.3) is 0 Å². The Hall–Kier alpha value is -1.45. The average Bonchev–Trinajstić information content (AvgIpc) is 2.48. The zero-order valence-electron chi connectivity index (χ0n) is 7.37. The molecule has 0 spiro atoms. The Morgan fingerprint density at radius 1 is 1.31 bits per heavy atom. The van der Waals surface area contributed by atoms with Gasteiger partial charge in [0.1, 0.15) is 0 Å². The summed E-state index contributed by atoms with van der Waals surface area (Å²) in [5.74, 6) is -0.986. The van der Waals surface area contributed by atoms with Crippen LogP contribution in [-0.4, -0.2) is 21.0 Å². The lowest BCUT2D eigenvalue weighted by atomic mass is 10.2. The van der Waals surface area contributed by atoms with Crippen LogP contribution in [0, 0.1) is 6.92 Å². The molecule has 0 radical (unpaired) electrons. The molecule has 1 aliphatic carbocycles. The molecule has 4 heteroatoms. The van der Waals surface area contributed by atoms with Crippen LogP contribution in [-0.2, 0) is 12.8 Å². The Balaban J connectivity index is 2.55. The van der Waals surface area contributed by atoms with Crippen molar-refractivity contribution in [1.82, 2.24) is 9.97 Å². The number of carboxylic acids is 1. The van der Waals surface area contributed by atoms with Gasteiger partial charge in [0.15, 0.2) is 5.69 Å². The molecule has 0 saturated carbocycles. The van der Waals surface area contributed by atoms with Gasteiger partial charge >= 0.3 is 5.97 Å². The molecule has 0 aromatic carbocycles. The summed E-state index contributed by atoms with van der Waals surface area (Å²) >= 11 is 0. The normalized spacial score (nSPS) is 14.2. The second-order valence-electron chi connectivity index (χ2n) is 3.21. The molecule has 1 heterocycles. The maximum absolute atomic E-state index is 10.7. The molecule has 0 unspecified atom stereocenters. The van der Waals surface area contributed by atoms with Crippen molar-refractivity contribution in [3.8, 4) is 0 Å². The monoisotopic (exact) mass is 178 g/mol. The van der Waals surface area contributed by atoms with Crippen molar-refractivity contribution in [1.29, 1.82) is 0 Å². The number of aromatic nitrogens is 2. The van der Waals surface area contributed by atoms with E-state index in [0.29, 0.717) is 5.69 Å². The van der Waals surface area contributed by atoms with Gasteiger partial charge in [-0.3, -0.25) is 4.98 Å². The molecule has 13 heavy (non-hydrogen) atoms. The van der Waals surface area contributed by atoms with E-state index in [0.717, 1.165) is 30.7 Å². The molecular weight excluding hydrogens is 168 g/mol. The van der Waals surface area contributed by atoms with Gasteiger partial charge in [0.05, 0.1) is 17.1 Å². The Bertz CT molecular complexity index is 374. The Kier molecular flexibility index (Phi) is 1.76. The summed E-state index contributed by atoms with van der Waals surface area (Å²) in [4.78, 5) is 19.0. The van der Waals surface area contributed by atoms with Gasteiger partial charge in [-0.2, -0.15) is 0 Å². The molecule has 0 bridgehead atoms. The summed E-state index contributed by atoms with van der Waals surface area (Å²) in [5, 5.41) is 8.79. The van der Waals surface area contributed by atoms with E-state index in [-0.39, 0.29) is 5.69 Å². The van der Waals surface area contributed by atoms with Crippen LogP contribution in [0.1, 0.15) is 34.0 Å². The first kappa shape index (κ1) is 8.16. The number of hydrogen-bond donors (Lipinski definition) is 1. The fourth-order valence-electron chi connectivity index (χ4n) is 1.63. The summed E-state index contributed by atoms with van der Waals surface area (Å²) < 4.78 is 0. The van der Waals surface area contributed by atoms with Crippen molar-refractivity contribution >= 4 is 5.97 Å². The van der Waals surface area contributed by atoms with E-state index in [4.69, 9.17) is 5.11 Å². The van der Waals surface area contributed by atoms with E-state index < -0.39 is 5.97 Å². The molecule has 0 fully saturated rings. The van der Waals surface area contributed by atoms with Crippen LogP contribution in [0.2, 0.25) is 0 Å². The minimum absolute atomic E-state index is 0.0978. The van der Waals surface area contributed by atoms with Crippen LogP contribution >= 0.6 is 0 Å². The highest BCUT2D eigenvalue weighted by Gasteiger charge is 2.19. The lowest BCUT2D eigenvalue weighted by Gasteiger charge is -2.02. The van der Waals surface area contributed by atoms with Crippen LogP contribution in [0.15, 0.2) is 0 Å². The van der Waals surface area contributed by atoms with Gasteiger partial charge in [-0.1, -0.05) is 0 Å². The van der Waals surface area contributed by atoms with E-state index in [1.165, 1.54) is 0 Å². The summed E-state index contributed by atoms with van der Waals surface area (Å²) in [6.45, 7) is 1.69. The number of rotatable bonds is 1. The van der Waals surface area contributed by atoms with Gasteiger partial charge in [0.25, 0.3) is 0 Å². The van der Waals surface area contributed by atoms with E-state index in [1.54, 1.807) is 6.92 Å². The molecule has 2 rings (SSSR count). The number of hydrogen-bond acceptors (Lipinski definition) is 3. The van der Waals surface area contributed by atoms with Gasteiger partial charge in [-0.05, 0) is 26.2 Å². The molecule has 0 amide bonds. The molecule has 1 aromatic heterocycles. The maximum Gasteiger partial charge on any atom is 0.356 e. The molecule has 0 saturated heterocycles. The van der Waals surface area contributed by atoms with Gasteiger partial charge in [0.2, 0.25) is 0 Å². The molecule has 68 valence electrons. The number of carboxylic acid groups (broad SMARTS) is 1. The van der Waals surface area contributed by atoms with Gasteiger partial charge in [0, 0.05) is 0 Å². The Morgan fingerprint density at radius 2 is 1.92 bits per heavy atom. The van der Waals surface area contributed by atoms with Crippen molar-refractivity contribution in [3.63, 3.8) is 0 Å². The highest BCUT2D eigenvalue weighted by Crippen LogP contribution is 2.19. The van der Waals surface area contributed by atoms with Crippen LogP contribution in [0.4, 0.5) is 0 Å². The standard InChI is InChI=1S/C9H10N2O2/c1-5-8(9(12)13)11-7-4-2-3-6(7)10-5/h2-4H2,1H3,(H,12,13). The third-order valence-corrected chi connectivity index (χ3v) is 2.25. The van der Waals surface area contributed by atoms with Crippen LogP contribution in [0.5, 0.6) is 0 Å². The van der Waals surface area contributed by atoms with E-state index in [1.807, 2.05) is 0 Å². The largest absolute Gasteiger partial charge is 0.476 e. The molecule has 4 nitrogen and oxygen atoms in total. The van der Waals surface area contributed by atoms with E-state index >= 15 is 0 Å². The predicted molar refractivity (Wildman–Crippen MR) is 45.8 cm³/mol. The second kappa shape index (κ2) is 2.80. The lowest BCUT2D eigenvalue weighted by molar-refractivity contribution is 0.0688. The van der Waals surface area contributed by atoms with Crippen LogP contribution in [0.3, 0.4) is 0 Å². The third-order valence-electron chi connectivity index (χ3n) is 2.25. The Labute approximate surface area is 75.6 Å². The number of aryl methyl sites for hydroxylation is 3. The number of carbonyl (C=O) groups is 1. The average molecular weight is 178 g/mol. The Morgan fingerprint density at radius 3 is 2.54 bits per heavy atom. The van der Waals surface area contributed by atoms with E-state index in [9.17, 15) is 4.79 Å². The maximum atomic E-state index is 10.7. The van der Waals surface area contributed by atoms with Crippen molar-refractivity contribution < 1.29 is 9.90 Å². The molecule has 1 aliphatic rings. The zero-order valence-corrected chi connectivity index (χ0v) is 7.37. The molecular formula is C9H10N2O2. The first-order chi connectivity index (χ1) is 6.18. The predicted octanol–water partition coefficient (Wildman–Crippen LogP) is 0.972. The first-order valence-electron chi connectivity index (χ1n) is 4.28. The molecule has 1 aromatic rings. The van der Waals surface area contributed by atoms with Gasteiger partial charge in [-0.25, -0.2) is 9.78 Å². The van der Waals surface area contributed by atoms with Gasteiger partial charge in [-0.15, -0.1) is 0 Å². The lowest BCUT2D eigenvalue weighted by Crippen LogP contribution is -2.08. The summed E-state index contributed by atoms with van der Waals surface area (Å²) in [6, 6.07) is 0. The van der Waals surface area contributed by atoms with Crippen molar-refractivity contribution in [2.75, 3.05) is 0 Å². The second-order valence-corrected chi connectivity index (χ2v) is 3.21. The quantitative estimate of drug-likeness (QED) is 0.696. The van der Waals surface area contributed by atoms with Crippen molar-refractivity contribution in [2.45, 2.75) is 26.2 Å². The summed E-state index contributed by atoms with van der Waals surface area (Å²) in [5.41, 5.74) is 2.46. The smallest absolute Gasteiger partial charge is 0.356 e. The summed E-state index contributed by atoms with van der Waals surface area (Å²) in [6.07, 6.45) is 2.84. The fraction of sp³-hybridized carbons (Fsp3) is 0.444. The van der Waals surface area contributed by atoms with Gasteiger partial charge < -0.3 is 5.11 Å². The molecule has 0 aliphatic heterocycles. The topological polar surface area (TPSA) is 63.1 Å². The highest BCUT2D eigenvalue weighted by atomic mass is 16.4. The number of nitrogens with zero attached hydrogens (tertiary/aromatic N) is 2. The zero-order chi connectivity index (χ0) is 9.42. The highest BCUT2D eigenvalue weighted by molar-refractivity contribution is 5.86. The molecule has 0 atom stereocenters. The summed E-state index contributed by atoms with van der Waals surface area (Å²) in [7, 11) is 0.